The van der Waals surface area contributed by atoms with Gasteiger partial charge in [0.1, 0.15) is 22.9 Å². The van der Waals surface area contributed by atoms with Crippen LogP contribution < -0.4 is 20.5 Å². The van der Waals surface area contributed by atoms with Crippen LogP contribution in [0.2, 0.25) is 0 Å². The molecule has 11 heteroatoms. The number of ether oxygens (including phenoxy) is 1. The van der Waals surface area contributed by atoms with Gasteiger partial charge in [-0.15, -0.1) is 12.4 Å². The van der Waals surface area contributed by atoms with Crippen LogP contribution in [0.4, 0.5) is 5.69 Å². The van der Waals surface area contributed by atoms with E-state index in [1.807, 2.05) is 0 Å². The van der Waals surface area contributed by atoms with Gasteiger partial charge in [0.15, 0.2) is 5.76 Å². The second-order valence-corrected chi connectivity index (χ2v) is 7.30. The van der Waals surface area contributed by atoms with Crippen molar-refractivity contribution in [3.05, 3.63) is 35.7 Å². The number of aromatic nitrogens is 1. The van der Waals surface area contributed by atoms with Gasteiger partial charge in [0.2, 0.25) is 15.9 Å². The molecule has 150 valence electrons. The summed E-state index contributed by atoms with van der Waals surface area (Å²) in [6, 6.07) is 5.67. The zero-order valence-electron chi connectivity index (χ0n) is 15.2. The lowest BCUT2D eigenvalue weighted by molar-refractivity contribution is -0.117. The minimum absolute atomic E-state index is 0. The minimum atomic E-state index is -3.93. The van der Waals surface area contributed by atoms with E-state index in [0.29, 0.717) is 24.6 Å². The summed E-state index contributed by atoms with van der Waals surface area (Å²) in [5.41, 5.74) is 6.11. The van der Waals surface area contributed by atoms with Crippen molar-refractivity contribution in [1.82, 2.24) is 9.88 Å². The Morgan fingerprint density at radius 3 is 2.44 bits per heavy atom. The van der Waals surface area contributed by atoms with Gasteiger partial charge in [-0.25, -0.2) is 8.42 Å². The highest BCUT2D eigenvalue weighted by atomic mass is 35.5. The Kier molecular flexibility index (Phi) is 8.22. The zero-order valence-corrected chi connectivity index (χ0v) is 16.8. The maximum atomic E-state index is 12.4. The average Bonchev–Trinajstić information content (AvgIpc) is 2.93. The molecule has 1 unspecified atom stereocenters. The van der Waals surface area contributed by atoms with Crippen molar-refractivity contribution in [3.8, 4) is 5.75 Å². The van der Waals surface area contributed by atoms with Crippen LogP contribution in [0.5, 0.6) is 5.75 Å². The Bertz CT molecular complexity index is 848. The fourth-order valence-corrected chi connectivity index (χ4v) is 3.80. The van der Waals surface area contributed by atoms with E-state index in [-0.39, 0.29) is 28.8 Å². The summed E-state index contributed by atoms with van der Waals surface area (Å²) in [5.74, 6) is 0.284. The number of nitrogens with one attached hydrogen (secondary N) is 2. The SMILES string of the molecule is Cc1noc(C)c1S(=O)(=O)NC(C)C(=O)Nc1ccc(OCCN)cc1.Cl. The van der Waals surface area contributed by atoms with E-state index in [1.54, 1.807) is 24.3 Å². The van der Waals surface area contributed by atoms with Gasteiger partial charge in [0.05, 0.1) is 6.04 Å². The molecule has 0 saturated carbocycles. The maximum absolute atomic E-state index is 12.4. The molecule has 0 aliphatic heterocycles. The van der Waals surface area contributed by atoms with E-state index in [2.05, 4.69) is 15.2 Å². The summed E-state index contributed by atoms with van der Waals surface area (Å²) in [6.45, 7) is 5.26. The molecule has 1 heterocycles. The Hall–Kier alpha value is -2.14. The molecule has 1 aromatic carbocycles. The standard InChI is InChI=1S/C16H22N4O5S.ClH/c1-10-15(12(3)25-19-10)26(22,23)20-11(2)16(21)18-13-4-6-14(7-5-13)24-9-8-17;/h4-7,11,20H,8-9,17H2,1-3H3,(H,18,21);1H. The van der Waals surface area contributed by atoms with E-state index >= 15 is 0 Å². The molecule has 2 rings (SSSR count). The summed E-state index contributed by atoms with van der Waals surface area (Å²) < 4.78 is 37.4. The molecule has 0 spiro atoms. The predicted octanol–water partition coefficient (Wildman–Crippen LogP) is 1.36. The maximum Gasteiger partial charge on any atom is 0.246 e. The molecule has 0 bridgehead atoms. The third kappa shape index (κ3) is 5.93. The number of rotatable bonds is 8. The van der Waals surface area contributed by atoms with Crippen LogP contribution in [0.25, 0.3) is 0 Å². The number of anilines is 1. The second-order valence-electron chi connectivity index (χ2n) is 5.65. The van der Waals surface area contributed by atoms with Crippen molar-refractivity contribution >= 4 is 34.0 Å². The molecule has 0 fully saturated rings. The van der Waals surface area contributed by atoms with Gasteiger partial charge in [0.25, 0.3) is 0 Å². The highest BCUT2D eigenvalue weighted by Crippen LogP contribution is 2.19. The summed E-state index contributed by atoms with van der Waals surface area (Å²) in [5, 5.41) is 6.25. The summed E-state index contributed by atoms with van der Waals surface area (Å²) in [4.78, 5) is 12.2. The van der Waals surface area contributed by atoms with Crippen LogP contribution in [0.3, 0.4) is 0 Å². The lowest BCUT2D eigenvalue weighted by atomic mass is 10.2. The molecule has 27 heavy (non-hydrogen) atoms. The number of halogens is 1. The van der Waals surface area contributed by atoms with Crippen molar-refractivity contribution in [2.45, 2.75) is 31.7 Å². The third-order valence-corrected chi connectivity index (χ3v) is 5.25. The number of nitrogens with zero attached hydrogens (tertiary/aromatic N) is 1. The van der Waals surface area contributed by atoms with Crippen molar-refractivity contribution in [2.75, 3.05) is 18.5 Å². The lowest BCUT2D eigenvalue weighted by Gasteiger charge is -2.14. The third-order valence-electron chi connectivity index (χ3n) is 3.47. The Labute approximate surface area is 164 Å². The molecule has 1 aromatic heterocycles. The Morgan fingerprint density at radius 1 is 1.30 bits per heavy atom. The van der Waals surface area contributed by atoms with E-state index in [0.717, 1.165) is 0 Å². The van der Waals surface area contributed by atoms with Gasteiger partial charge in [-0.05, 0) is 45.0 Å². The van der Waals surface area contributed by atoms with Crippen molar-refractivity contribution in [3.63, 3.8) is 0 Å². The first-order valence-electron chi connectivity index (χ1n) is 7.93. The van der Waals surface area contributed by atoms with Gasteiger partial charge in [-0.2, -0.15) is 4.72 Å². The van der Waals surface area contributed by atoms with Crippen LogP contribution in [0, 0.1) is 13.8 Å². The number of amides is 1. The summed E-state index contributed by atoms with van der Waals surface area (Å²) >= 11 is 0. The van der Waals surface area contributed by atoms with Crippen molar-refractivity contribution in [2.24, 2.45) is 5.73 Å². The second kappa shape index (κ2) is 9.70. The normalized spacial score (nSPS) is 12.1. The fourth-order valence-electron chi connectivity index (χ4n) is 2.27. The summed E-state index contributed by atoms with van der Waals surface area (Å²) in [6.07, 6.45) is 0. The van der Waals surface area contributed by atoms with Gasteiger partial charge in [-0.3, -0.25) is 4.79 Å². The summed E-state index contributed by atoms with van der Waals surface area (Å²) in [7, 11) is -3.93. The highest BCUT2D eigenvalue weighted by Gasteiger charge is 2.28. The molecule has 1 amide bonds. The molecular weight excluding hydrogens is 396 g/mol. The molecule has 2 aromatic rings. The van der Waals surface area contributed by atoms with Crippen molar-refractivity contribution < 1.29 is 22.5 Å². The minimum Gasteiger partial charge on any atom is -0.492 e. The van der Waals surface area contributed by atoms with Gasteiger partial charge in [-0.1, -0.05) is 5.16 Å². The fraction of sp³-hybridized carbons (Fsp3) is 0.375. The van der Waals surface area contributed by atoms with Crippen LogP contribution in [-0.2, 0) is 14.8 Å². The highest BCUT2D eigenvalue weighted by molar-refractivity contribution is 7.89. The van der Waals surface area contributed by atoms with Crippen molar-refractivity contribution in [1.29, 1.82) is 0 Å². The van der Waals surface area contributed by atoms with E-state index in [1.165, 1.54) is 20.8 Å². The van der Waals surface area contributed by atoms with Crippen LogP contribution in [-0.4, -0.2) is 38.7 Å². The van der Waals surface area contributed by atoms with E-state index in [9.17, 15) is 13.2 Å². The number of benzene rings is 1. The largest absolute Gasteiger partial charge is 0.492 e. The van der Waals surface area contributed by atoms with Gasteiger partial charge >= 0.3 is 0 Å². The van der Waals surface area contributed by atoms with E-state index in [4.69, 9.17) is 15.0 Å². The molecule has 0 radical (unpaired) electrons. The smallest absolute Gasteiger partial charge is 0.246 e. The number of hydrogen-bond acceptors (Lipinski definition) is 7. The monoisotopic (exact) mass is 418 g/mol. The Morgan fingerprint density at radius 2 is 1.93 bits per heavy atom. The van der Waals surface area contributed by atoms with Gasteiger partial charge in [0, 0.05) is 12.2 Å². The molecule has 0 aliphatic carbocycles. The topological polar surface area (TPSA) is 137 Å². The predicted molar refractivity (Wildman–Crippen MR) is 103 cm³/mol. The average molecular weight is 419 g/mol. The lowest BCUT2D eigenvalue weighted by Crippen LogP contribution is -2.41. The number of carbonyl (C=O) groups is 1. The van der Waals surface area contributed by atoms with Crippen LogP contribution in [0.1, 0.15) is 18.4 Å². The molecule has 4 N–H and O–H groups in total. The number of sulfonamides is 1. The Balaban J connectivity index is 0.00000364. The number of aryl methyl sites for hydroxylation is 2. The first-order valence-corrected chi connectivity index (χ1v) is 9.42. The van der Waals surface area contributed by atoms with Crippen LogP contribution in [0.15, 0.2) is 33.7 Å². The zero-order chi connectivity index (χ0) is 19.3. The first-order chi connectivity index (χ1) is 12.2. The quantitative estimate of drug-likeness (QED) is 0.588. The van der Waals surface area contributed by atoms with Crippen LogP contribution >= 0.6 is 12.4 Å². The number of nitrogens with two attached hydrogens (primary N) is 1. The molecular formula is C16H23ClN4O5S. The number of carbonyl (C=O) groups excluding carboxylic acids is 1. The number of hydrogen-bond donors (Lipinski definition) is 3. The first kappa shape index (κ1) is 22.9. The molecule has 0 saturated heterocycles. The van der Waals surface area contributed by atoms with E-state index < -0.39 is 22.0 Å². The molecule has 0 aliphatic rings. The van der Waals surface area contributed by atoms with Gasteiger partial charge < -0.3 is 20.3 Å². The molecule has 9 nitrogen and oxygen atoms in total. The molecule has 1 atom stereocenters.